The molecule has 0 unspecified atom stereocenters. The fourth-order valence-corrected chi connectivity index (χ4v) is 5.81. The Bertz CT molecular complexity index is 1040. The van der Waals surface area contributed by atoms with Crippen molar-refractivity contribution in [1.29, 1.82) is 0 Å². The Morgan fingerprint density at radius 1 is 0.735 bits per heavy atom. The Hall–Kier alpha value is -2.56. The lowest BCUT2D eigenvalue weighted by Crippen LogP contribution is -2.25. The molecule has 0 radical (unpaired) electrons. The summed E-state index contributed by atoms with van der Waals surface area (Å²) in [5, 5.41) is 0. The fourth-order valence-electron chi connectivity index (χ4n) is 5.81. The van der Waals surface area contributed by atoms with Crippen molar-refractivity contribution in [3.05, 3.63) is 78.1 Å². The first kappa shape index (κ1) is 24.6. The van der Waals surface area contributed by atoms with E-state index >= 15 is 8.78 Å². The number of benzene rings is 2. The maximum atomic E-state index is 15.1. The molecule has 2 aliphatic carbocycles. The van der Waals surface area contributed by atoms with Crippen LogP contribution >= 0.6 is 0 Å². The normalized spacial score (nSPS) is 25.4. The summed E-state index contributed by atoms with van der Waals surface area (Å²) < 4.78 is 64.1. The standard InChI is InChI=1S/C29H32F4O/c1-3-17-34-25-16-15-24(28(32)29(25)33)23-14-13-22(26(30)27(23)31)21-11-9-20(10-12-21)19-7-5-18(4-2)6-8-19/h3-4,13-21H,2,5-12H2,1H3. The van der Waals surface area contributed by atoms with Crippen LogP contribution in [0.5, 0.6) is 5.75 Å². The van der Waals surface area contributed by atoms with Gasteiger partial charge in [-0.15, -0.1) is 6.58 Å². The number of halogens is 4. The molecule has 2 aromatic carbocycles. The van der Waals surface area contributed by atoms with Crippen LogP contribution in [0.4, 0.5) is 17.6 Å². The summed E-state index contributed by atoms with van der Waals surface area (Å²) in [5.41, 5.74) is -0.279. The first-order valence-corrected chi connectivity index (χ1v) is 12.3. The number of rotatable bonds is 6. The predicted molar refractivity (Wildman–Crippen MR) is 127 cm³/mol. The second kappa shape index (κ2) is 10.8. The summed E-state index contributed by atoms with van der Waals surface area (Å²) in [4.78, 5) is 0. The molecule has 1 nitrogen and oxygen atoms in total. The van der Waals surface area contributed by atoms with Crippen LogP contribution < -0.4 is 4.74 Å². The second-order valence-corrected chi connectivity index (χ2v) is 9.68. The third-order valence-corrected chi connectivity index (χ3v) is 7.81. The molecule has 2 saturated carbocycles. The number of allylic oxidation sites excluding steroid dienone is 2. The molecule has 34 heavy (non-hydrogen) atoms. The zero-order chi connectivity index (χ0) is 24.2. The van der Waals surface area contributed by atoms with Crippen LogP contribution in [0.2, 0.25) is 0 Å². The smallest absolute Gasteiger partial charge is 0.201 e. The first-order valence-electron chi connectivity index (χ1n) is 12.3. The molecule has 2 aliphatic rings. The minimum Gasteiger partial charge on any atom is -0.462 e. The molecule has 182 valence electrons. The summed E-state index contributed by atoms with van der Waals surface area (Å²) in [6.07, 6.45) is 13.4. The van der Waals surface area contributed by atoms with Crippen molar-refractivity contribution < 1.29 is 22.3 Å². The van der Waals surface area contributed by atoms with Crippen LogP contribution in [0.15, 0.2) is 49.3 Å². The van der Waals surface area contributed by atoms with E-state index in [9.17, 15) is 8.78 Å². The molecule has 0 aromatic heterocycles. The fraction of sp³-hybridized carbons (Fsp3) is 0.448. The van der Waals surface area contributed by atoms with Gasteiger partial charge in [-0.25, -0.2) is 13.2 Å². The topological polar surface area (TPSA) is 9.23 Å². The van der Waals surface area contributed by atoms with Crippen molar-refractivity contribution in [2.45, 2.75) is 64.2 Å². The first-order chi connectivity index (χ1) is 16.4. The van der Waals surface area contributed by atoms with Gasteiger partial charge in [-0.05, 0) is 99.7 Å². The van der Waals surface area contributed by atoms with Gasteiger partial charge in [0, 0.05) is 11.1 Å². The summed E-state index contributed by atoms with van der Waals surface area (Å²) >= 11 is 0. The van der Waals surface area contributed by atoms with E-state index < -0.39 is 23.3 Å². The van der Waals surface area contributed by atoms with Crippen molar-refractivity contribution in [3.63, 3.8) is 0 Å². The average Bonchev–Trinajstić information content (AvgIpc) is 2.87. The van der Waals surface area contributed by atoms with Crippen LogP contribution in [-0.4, -0.2) is 0 Å². The highest BCUT2D eigenvalue weighted by molar-refractivity contribution is 5.66. The molecule has 0 spiro atoms. The van der Waals surface area contributed by atoms with Gasteiger partial charge in [0.25, 0.3) is 0 Å². The van der Waals surface area contributed by atoms with Crippen LogP contribution in [0.25, 0.3) is 11.1 Å². The van der Waals surface area contributed by atoms with Crippen LogP contribution in [0, 0.1) is 41.0 Å². The van der Waals surface area contributed by atoms with E-state index in [4.69, 9.17) is 4.74 Å². The summed E-state index contributed by atoms with van der Waals surface area (Å²) in [7, 11) is 0. The Morgan fingerprint density at radius 2 is 1.29 bits per heavy atom. The molecule has 2 aromatic rings. The highest BCUT2D eigenvalue weighted by atomic mass is 19.2. The zero-order valence-electron chi connectivity index (χ0n) is 19.6. The monoisotopic (exact) mass is 472 g/mol. The molecule has 2 fully saturated rings. The molecule has 5 heteroatoms. The van der Waals surface area contributed by atoms with E-state index in [0.29, 0.717) is 17.4 Å². The number of hydrogen-bond acceptors (Lipinski definition) is 1. The number of hydrogen-bond donors (Lipinski definition) is 0. The van der Waals surface area contributed by atoms with Gasteiger partial charge in [-0.2, -0.15) is 4.39 Å². The molecular weight excluding hydrogens is 440 g/mol. The van der Waals surface area contributed by atoms with Crippen molar-refractivity contribution in [2.75, 3.05) is 0 Å². The van der Waals surface area contributed by atoms with Gasteiger partial charge >= 0.3 is 0 Å². The Labute approximate surface area is 199 Å². The molecule has 0 N–H and O–H groups in total. The molecule has 0 aliphatic heterocycles. The molecule has 4 rings (SSSR count). The van der Waals surface area contributed by atoms with Crippen LogP contribution in [0.3, 0.4) is 0 Å². The van der Waals surface area contributed by atoms with E-state index in [0.717, 1.165) is 31.6 Å². The van der Waals surface area contributed by atoms with E-state index in [1.165, 1.54) is 62.3 Å². The van der Waals surface area contributed by atoms with E-state index in [2.05, 4.69) is 12.7 Å². The number of ether oxygens (including phenoxy) is 1. The molecule has 0 bridgehead atoms. The van der Waals surface area contributed by atoms with Gasteiger partial charge in [-0.1, -0.05) is 24.3 Å². The maximum absolute atomic E-state index is 15.1. The molecule has 0 amide bonds. The quantitative estimate of drug-likeness (QED) is 0.231. The molecule has 0 heterocycles. The lowest BCUT2D eigenvalue weighted by Gasteiger charge is -2.37. The highest BCUT2D eigenvalue weighted by Gasteiger charge is 2.32. The van der Waals surface area contributed by atoms with E-state index in [1.807, 2.05) is 0 Å². The third-order valence-electron chi connectivity index (χ3n) is 7.81. The third kappa shape index (κ3) is 4.94. The molecule has 0 saturated heterocycles. The zero-order valence-corrected chi connectivity index (χ0v) is 19.6. The van der Waals surface area contributed by atoms with Gasteiger partial charge in [0.15, 0.2) is 23.2 Å². The van der Waals surface area contributed by atoms with Gasteiger partial charge in [-0.3, -0.25) is 0 Å². The van der Waals surface area contributed by atoms with Gasteiger partial charge in [0.05, 0.1) is 6.26 Å². The Balaban J connectivity index is 1.48. The van der Waals surface area contributed by atoms with Gasteiger partial charge in [0.2, 0.25) is 5.82 Å². The predicted octanol–water partition coefficient (Wildman–Crippen LogP) is 9.09. The largest absolute Gasteiger partial charge is 0.462 e. The van der Waals surface area contributed by atoms with Crippen molar-refractivity contribution in [2.24, 2.45) is 17.8 Å². The van der Waals surface area contributed by atoms with E-state index in [-0.39, 0.29) is 22.8 Å². The lowest BCUT2D eigenvalue weighted by atomic mass is 9.68. The average molecular weight is 473 g/mol. The Morgan fingerprint density at radius 3 is 1.88 bits per heavy atom. The molecular formula is C29H32F4O. The minimum atomic E-state index is -1.26. The lowest BCUT2D eigenvalue weighted by molar-refractivity contribution is 0.171. The van der Waals surface area contributed by atoms with Gasteiger partial charge < -0.3 is 4.74 Å². The van der Waals surface area contributed by atoms with Crippen molar-refractivity contribution in [1.82, 2.24) is 0 Å². The minimum absolute atomic E-state index is 0.0532. The summed E-state index contributed by atoms with van der Waals surface area (Å²) in [6.45, 7) is 5.59. The maximum Gasteiger partial charge on any atom is 0.201 e. The van der Waals surface area contributed by atoms with Gasteiger partial charge in [0.1, 0.15) is 0 Å². The van der Waals surface area contributed by atoms with Crippen molar-refractivity contribution >= 4 is 0 Å². The molecule has 0 atom stereocenters. The van der Waals surface area contributed by atoms with Crippen LogP contribution in [-0.2, 0) is 0 Å². The highest BCUT2D eigenvalue weighted by Crippen LogP contribution is 2.45. The Kier molecular flexibility index (Phi) is 7.80. The van der Waals surface area contributed by atoms with Crippen molar-refractivity contribution in [3.8, 4) is 16.9 Å². The summed E-state index contributed by atoms with van der Waals surface area (Å²) in [5.74, 6) is -2.95. The van der Waals surface area contributed by atoms with Crippen LogP contribution in [0.1, 0.15) is 69.8 Å². The summed E-state index contributed by atoms with van der Waals surface area (Å²) in [6, 6.07) is 5.32. The van der Waals surface area contributed by atoms with E-state index in [1.54, 1.807) is 6.92 Å². The second-order valence-electron chi connectivity index (χ2n) is 9.68. The SMILES string of the molecule is C=CC1CCC(C2CCC(c3ccc(-c4ccc(OC=CC)c(F)c4F)c(F)c3F)CC2)CC1.